The molecule has 0 aliphatic carbocycles. The van der Waals surface area contributed by atoms with Crippen molar-refractivity contribution in [2.24, 2.45) is 5.84 Å². The largest absolute Gasteiger partial charge is 0.354 e. The number of nitrogens with two attached hydrogens (primary N) is 1. The molecule has 0 unspecified atom stereocenters. The molecular weight excluding hydrogens is 232 g/mol. The summed E-state index contributed by atoms with van der Waals surface area (Å²) < 4.78 is 0. The Bertz CT molecular complexity index is 444. The van der Waals surface area contributed by atoms with Gasteiger partial charge < -0.3 is 15.6 Å². The highest BCUT2D eigenvalue weighted by molar-refractivity contribution is 5.95. The van der Waals surface area contributed by atoms with E-state index < -0.39 is 0 Å². The first-order valence-corrected chi connectivity index (χ1v) is 5.83. The summed E-state index contributed by atoms with van der Waals surface area (Å²) in [7, 11) is 0. The molecule has 1 aliphatic heterocycles. The number of hydrogen-bond donors (Lipinski definition) is 3. The van der Waals surface area contributed by atoms with Gasteiger partial charge in [-0.05, 0) is 24.3 Å². The van der Waals surface area contributed by atoms with E-state index in [2.05, 4.69) is 10.7 Å². The molecule has 0 radical (unpaired) electrons. The summed E-state index contributed by atoms with van der Waals surface area (Å²) in [6.07, 6.45) is 0.355. The number of anilines is 1. The second-order valence-electron chi connectivity index (χ2n) is 4.11. The van der Waals surface area contributed by atoms with Crippen molar-refractivity contribution in [2.45, 2.75) is 6.42 Å². The molecule has 96 valence electrons. The minimum Gasteiger partial charge on any atom is -0.354 e. The number of nitrogens with zero attached hydrogens (tertiary/aromatic N) is 1. The van der Waals surface area contributed by atoms with E-state index in [-0.39, 0.29) is 11.8 Å². The van der Waals surface area contributed by atoms with E-state index in [0.717, 1.165) is 5.69 Å². The number of carbonyl (C=O) groups excluding carboxylic acids is 2. The smallest absolute Gasteiger partial charge is 0.253 e. The highest BCUT2D eigenvalue weighted by atomic mass is 16.2. The summed E-state index contributed by atoms with van der Waals surface area (Å²) >= 11 is 0. The lowest BCUT2D eigenvalue weighted by Gasteiger charge is -2.19. The third-order valence-electron chi connectivity index (χ3n) is 2.90. The van der Waals surface area contributed by atoms with Crippen molar-refractivity contribution >= 4 is 17.5 Å². The quantitative estimate of drug-likeness (QED) is 0.505. The minimum absolute atomic E-state index is 0.00650. The van der Waals surface area contributed by atoms with Crippen molar-refractivity contribution in [2.75, 3.05) is 25.1 Å². The lowest BCUT2D eigenvalue weighted by molar-refractivity contribution is -0.120. The topological polar surface area (TPSA) is 87.5 Å². The van der Waals surface area contributed by atoms with Gasteiger partial charge in [0.05, 0.1) is 0 Å². The zero-order valence-electron chi connectivity index (χ0n) is 9.98. The van der Waals surface area contributed by atoms with Crippen molar-refractivity contribution in [3.05, 3.63) is 29.8 Å². The molecule has 0 bridgehead atoms. The average Bonchev–Trinajstić information content (AvgIpc) is 2.63. The number of rotatable bonds is 2. The van der Waals surface area contributed by atoms with Crippen molar-refractivity contribution in [1.82, 2.24) is 10.2 Å². The highest BCUT2D eigenvalue weighted by Crippen LogP contribution is 2.11. The molecular formula is C12H16N4O2. The van der Waals surface area contributed by atoms with Crippen LogP contribution in [0, 0.1) is 0 Å². The van der Waals surface area contributed by atoms with Gasteiger partial charge in [-0.1, -0.05) is 0 Å². The van der Waals surface area contributed by atoms with Gasteiger partial charge in [-0.25, -0.2) is 0 Å². The van der Waals surface area contributed by atoms with Gasteiger partial charge in [0, 0.05) is 37.3 Å². The van der Waals surface area contributed by atoms with E-state index in [0.29, 0.717) is 31.6 Å². The van der Waals surface area contributed by atoms with E-state index in [1.54, 1.807) is 29.2 Å². The molecule has 2 amide bonds. The molecule has 1 aromatic rings. The van der Waals surface area contributed by atoms with E-state index in [9.17, 15) is 9.59 Å². The van der Waals surface area contributed by atoms with Crippen LogP contribution in [0.3, 0.4) is 0 Å². The highest BCUT2D eigenvalue weighted by Gasteiger charge is 2.19. The van der Waals surface area contributed by atoms with Crippen LogP contribution in [0.25, 0.3) is 0 Å². The molecule has 0 atom stereocenters. The fraction of sp³-hybridized carbons (Fsp3) is 0.333. The van der Waals surface area contributed by atoms with Gasteiger partial charge in [0.15, 0.2) is 0 Å². The number of hydrazine groups is 1. The Morgan fingerprint density at radius 2 is 2.00 bits per heavy atom. The maximum absolute atomic E-state index is 12.2. The van der Waals surface area contributed by atoms with Crippen LogP contribution in [-0.2, 0) is 4.79 Å². The van der Waals surface area contributed by atoms with Gasteiger partial charge in [0.25, 0.3) is 5.91 Å². The van der Waals surface area contributed by atoms with Crippen LogP contribution in [0.4, 0.5) is 5.69 Å². The number of benzene rings is 1. The molecule has 6 nitrogen and oxygen atoms in total. The molecule has 6 heteroatoms. The normalized spacial score (nSPS) is 15.8. The van der Waals surface area contributed by atoms with E-state index in [1.807, 2.05) is 0 Å². The van der Waals surface area contributed by atoms with Crippen molar-refractivity contribution in [1.29, 1.82) is 0 Å². The Morgan fingerprint density at radius 3 is 2.67 bits per heavy atom. The zero-order chi connectivity index (χ0) is 13.0. The van der Waals surface area contributed by atoms with Crippen LogP contribution < -0.4 is 16.6 Å². The average molecular weight is 248 g/mol. The summed E-state index contributed by atoms with van der Waals surface area (Å²) in [4.78, 5) is 25.1. The molecule has 2 rings (SSSR count). The maximum atomic E-state index is 12.2. The maximum Gasteiger partial charge on any atom is 0.253 e. The van der Waals surface area contributed by atoms with Crippen LogP contribution in [0.5, 0.6) is 0 Å². The SMILES string of the molecule is NNc1ccc(C(=O)N2CCNC(=O)CC2)cc1. The third-order valence-corrected chi connectivity index (χ3v) is 2.90. The standard InChI is InChI=1S/C12H16N4O2/c13-15-10-3-1-9(2-4-10)12(18)16-7-5-11(17)14-6-8-16/h1-4,15H,5-8,13H2,(H,14,17). The molecule has 1 aromatic carbocycles. The molecule has 0 saturated carbocycles. The zero-order valence-corrected chi connectivity index (χ0v) is 9.98. The van der Waals surface area contributed by atoms with Crippen LogP contribution >= 0.6 is 0 Å². The van der Waals surface area contributed by atoms with Gasteiger partial charge in [0.1, 0.15) is 0 Å². The predicted octanol–water partition coefficient (Wildman–Crippen LogP) is -0.0657. The van der Waals surface area contributed by atoms with Crippen LogP contribution in [0.1, 0.15) is 16.8 Å². The van der Waals surface area contributed by atoms with Crippen molar-refractivity contribution in [3.63, 3.8) is 0 Å². The molecule has 1 heterocycles. The van der Waals surface area contributed by atoms with Gasteiger partial charge >= 0.3 is 0 Å². The summed E-state index contributed by atoms with van der Waals surface area (Å²) in [6.45, 7) is 1.51. The Labute approximate surface area is 105 Å². The Balaban J connectivity index is 2.07. The Hall–Kier alpha value is -2.08. The fourth-order valence-corrected chi connectivity index (χ4v) is 1.86. The number of carbonyl (C=O) groups is 2. The number of nitrogens with one attached hydrogen (secondary N) is 2. The van der Waals surface area contributed by atoms with Crippen LogP contribution in [0.15, 0.2) is 24.3 Å². The number of amides is 2. The summed E-state index contributed by atoms with van der Waals surface area (Å²) in [5, 5.41) is 2.74. The number of nitrogen functional groups attached to an aromatic ring is 1. The lowest BCUT2D eigenvalue weighted by atomic mass is 10.2. The molecule has 4 N–H and O–H groups in total. The van der Waals surface area contributed by atoms with Crippen LogP contribution in [-0.4, -0.2) is 36.3 Å². The first kappa shape index (κ1) is 12.4. The number of hydrogen-bond acceptors (Lipinski definition) is 4. The third kappa shape index (κ3) is 2.78. The Morgan fingerprint density at radius 1 is 1.28 bits per heavy atom. The second-order valence-corrected chi connectivity index (χ2v) is 4.11. The summed E-state index contributed by atoms with van der Waals surface area (Å²) in [6, 6.07) is 6.93. The summed E-state index contributed by atoms with van der Waals surface area (Å²) in [5.74, 6) is 5.20. The van der Waals surface area contributed by atoms with Gasteiger partial charge in [-0.15, -0.1) is 0 Å². The molecule has 1 aliphatic rings. The van der Waals surface area contributed by atoms with Crippen LogP contribution in [0.2, 0.25) is 0 Å². The van der Waals surface area contributed by atoms with Gasteiger partial charge in [-0.3, -0.25) is 15.4 Å². The minimum atomic E-state index is -0.0601. The lowest BCUT2D eigenvalue weighted by Crippen LogP contribution is -2.34. The molecule has 18 heavy (non-hydrogen) atoms. The molecule has 0 spiro atoms. The molecule has 1 fully saturated rings. The van der Waals surface area contributed by atoms with E-state index >= 15 is 0 Å². The fourth-order valence-electron chi connectivity index (χ4n) is 1.86. The van der Waals surface area contributed by atoms with Crippen molar-refractivity contribution in [3.8, 4) is 0 Å². The monoisotopic (exact) mass is 248 g/mol. The van der Waals surface area contributed by atoms with Gasteiger partial charge in [0.2, 0.25) is 5.91 Å². The van der Waals surface area contributed by atoms with Crippen molar-refractivity contribution < 1.29 is 9.59 Å². The van der Waals surface area contributed by atoms with Gasteiger partial charge in [-0.2, -0.15) is 0 Å². The molecule has 1 saturated heterocycles. The Kier molecular flexibility index (Phi) is 3.78. The van der Waals surface area contributed by atoms with E-state index in [1.165, 1.54) is 0 Å². The second kappa shape index (κ2) is 5.50. The first-order chi connectivity index (χ1) is 8.70. The predicted molar refractivity (Wildman–Crippen MR) is 67.8 cm³/mol. The first-order valence-electron chi connectivity index (χ1n) is 5.83. The molecule has 0 aromatic heterocycles. The van der Waals surface area contributed by atoms with E-state index in [4.69, 9.17) is 5.84 Å². The summed E-state index contributed by atoms with van der Waals surface area (Å²) in [5.41, 5.74) is 3.86.